The largest absolute Gasteiger partial charge is 0.329 e. The van der Waals surface area contributed by atoms with Crippen LogP contribution in [0, 0.1) is 0 Å². The van der Waals surface area contributed by atoms with Gasteiger partial charge in [0.25, 0.3) is 5.56 Å². The normalized spacial score (nSPS) is 16.8. The lowest BCUT2D eigenvalue weighted by atomic mass is 10.1. The number of unbranched alkanes of at least 4 members (excludes halogenated alkanes) is 1. The predicted molar refractivity (Wildman–Crippen MR) is 84.5 cm³/mol. The summed E-state index contributed by atoms with van der Waals surface area (Å²) in [5.41, 5.74) is -0.597. The Kier molecular flexibility index (Phi) is 3.84. The van der Waals surface area contributed by atoms with Gasteiger partial charge in [-0.1, -0.05) is 19.4 Å². The Balaban J connectivity index is 2.20. The highest BCUT2D eigenvalue weighted by molar-refractivity contribution is 7.10. The maximum Gasteiger partial charge on any atom is 0.329 e. The Morgan fingerprint density at radius 2 is 2.14 bits per heavy atom. The molecule has 2 aromatic rings. The zero-order chi connectivity index (χ0) is 15.7. The van der Waals surface area contributed by atoms with E-state index in [0.717, 1.165) is 17.7 Å². The summed E-state index contributed by atoms with van der Waals surface area (Å²) < 4.78 is 1.43. The molecule has 3 rings (SSSR count). The van der Waals surface area contributed by atoms with E-state index in [1.807, 2.05) is 24.4 Å². The number of rotatable bonds is 4. The maximum absolute atomic E-state index is 12.3. The van der Waals surface area contributed by atoms with E-state index >= 15 is 0 Å². The van der Waals surface area contributed by atoms with Crippen LogP contribution >= 0.6 is 11.3 Å². The summed E-state index contributed by atoms with van der Waals surface area (Å²) in [5.74, 6) is 0.296. The van der Waals surface area contributed by atoms with Crippen molar-refractivity contribution in [3.63, 3.8) is 0 Å². The van der Waals surface area contributed by atoms with Crippen LogP contribution in [0.1, 0.15) is 36.2 Å². The van der Waals surface area contributed by atoms with Crippen molar-refractivity contribution in [3.8, 4) is 0 Å². The zero-order valence-electron chi connectivity index (χ0n) is 12.0. The van der Waals surface area contributed by atoms with Crippen LogP contribution in [0.2, 0.25) is 0 Å². The SMILES string of the molecule is CCCCn1c2c(c(=O)[nH]c1=O)C(c1cccs1)NC(=O)N2. The zero-order valence-corrected chi connectivity index (χ0v) is 12.8. The van der Waals surface area contributed by atoms with E-state index in [4.69, 9.17) is 0 Å². The molecular weight excluding hydrogens is 304 g/mol. The minimum absolute atomic E-state index is 0.296. The average Bonchev–Trinajstić information content (AvgIpc) is 3.00. The van der Waals surface area contributed by atoms with Gasteiger partial charge in [0.2, 0.25) is 0 Å². The molecule has 116 valence electrons. The number of nitrogens with zero attached hydrogens (tertiary/aromatic N) is 1. The molecule has 0 spiro atoms. The Labute approximate surface area is 130 Å². The van der Waals surface area contributed by atoms with Gasteiger partial charge in [-0.15, -0.1) is 11.3 Å². The van der Waals surface area contributed by atoms with Crippen LogP contribution in [0.15, 0.2) is 27.1 Å². The van der Waals surface area contributed by atoms with Crippen LogP contribution in [0.25, 0.3) is 0 Å². The van der Waals surface area contributed by atoms with Gasteiger partial charge >= 0.3 is 11.7 Å². The van der Waals surface area contributed by atoms with E-state index in [1.165, 1.54) is 15.9 Å². The number of aromatic amines is 1. The summed E-state index contributed by atoms with van der Waals surface area (Å²) >= 11 is 1.45. The van der Waals surface area contributed by atoms with Crippen LogP contribution < -0.4 is 21.9 Å². The van der Waals surface area contributed by atoms with E-state index in [9.17, 15) is 14.4 Å². The molecule has 3 N–H and O–H groups in total. The molecule has 2 amide bonds. The summed E-state index contributed by atoms with van der Waals surface area (Å²) in [5, 5.41) is 7.23. The van der Waals surface area contributed by atoms with Gasteiger partial charge in [0, 0.05) is 11.4 Å². The number of hydrogen-bond donors (Lipinski definition) is 3. The fourth-order valence-electron chi connectivity index (χ4n) is 2.53. The first kappa shape index (κ1) is 14.6. The number of carbonyl (C=O) groups excluding carboxylic acids is 1. The second kappa shape index (κ2) is 5.80. The van der Waals surface area contributed by atoms with Gasteiger partial charge in [-0.05, 0) is 17.9 Å². The highest BCUT2D eigenvalue weighted by atomic mass is 32.1. The molecular formula is C14H16N4O3S. The van der Waals surface area contributed by atoms with Crippen molar-refractivity contribution in [3.05, 3.63) is 48.8 Å². The molecule has 0 radical (unpaired) electrons. The Hall–Kier alpha value is -2.35. The molecule has 1 unspecified atom stereocenters. The van der Waals surface area contributed by atoms with Gasteiger partial charge in [-0.3, -0.25) is 19.7 Å². The molecule has 1 atom stereocenters. The standard InChI is InChI=1S/C14H16N4O3S/c1-2-3-6-18-11-9(12(19)17-14(18)21)10(15-13(20)16-11)8-5-4-7-22-8/h4-5,7,10H,2-3,6H2,1H3,(H2,15,16,20)(H,17,19,21). The molecule has 7 nitrogen and oxygen atoms in total. The summed E-state index contributed by atoms with van der Waals surface area (Å²) in [7, 11) is 0. The Morgan fingerprint density at radius 1 is 1.32 bits per heavy atom. The third kappa shape index (κ3) is 2.45. The topological polar surface area (TPSA) is 96.0 Å². The third-order valence-corrected chi connectivity index (χ3v) is 4.53. The number of urea groups is 1. The smallest absolute Gasteiger partial charge is 0.326 e. The second-order valence-electron chi connectivity index (χ2n) is 5.07. The summed E-state index contributed by atoms with van der Waals surface area (Å²) in [6, 6.07) is 2.75. The van der Waals surface area contributed by atoms with Crippen LogP contribution in [0.3, 0.4) is 0 Å². The number of amides is 2. The molecule has 0 aliphatic carbocycles. The van der Waals surface area contributed by atoms with Gasteiger partial charge in [0.15, 0.2) is 0 Å². The molecule has 1 aliphatic heterocycles. The molecule has 0 fully saturated rings. The molecule has 1 aliphatic rings. The van der Waals surface area contributed by atoms with Crippen molar-refractivity contribution in [2.75, 3.05) is 5.32 Å². The Morgan fingerprint density at radius 3 is 2.82 bits per heavy atom. The van der Waals surface area contributed by atoms with Crippen LogP contribution in [0.5, 0.6) is 0 Å². The fraction of sp³-hybridized carbons (Fsp3) is 0.357. The summed E-state index contributed by atoms with van der Waals surface area (Å²) in [4.78, 5) is 39.5. The van der Waals surface area contributed by atoms with Crippen molar-refractivity contribution in [2.45, 2.75) is 32.4 Å². The lowest BCUT2D eigenvalue weighted by molar-refractivity contribution is 0.248. The molecule has 22 heavy (non-hydrogen) atoms. The van der Waals surface area contributed by atoms with Crippen LogP contribution in [-0.4, -0.2) is 15.6 Å². The van der Waals surface area contributed by atoms with Gasteiger partial charge in [-0.25, -0.2) is 9.59 Å². The second-order valence-corrected chi connectivity index (χ2v) is 6.05. The van der Waals surface area contributed by atoms with Gasteiger partial charge in [0.1, 0.15) is 5.82 Å². The maximum atomic E-state index is 12.3. The van der Waals surface area contributed by atoms with Gasteiger partial charge < -0.3 is 5.32 Å². The number of hydrogen-bond acceptors (Lipinski definition) is 4. The Bertz CT molecular complexity index is 806. The first-order chi connectivity index (χ1) is 10.6. The molecule has 0 saturated heterocycles. The molecule has 2 aromatic heterocycles. The minimum atomic E-state index is -0.541. The number of anilines is 1. The van der Waals surface area contributed by atoms with E-state index in [0.29, 0.717) is 17.9 Å². The van der Waals surface area contributed by atoms with E-state index in [1.54, 1.807) is 0 Å². The molecule has 0 aromatic carbocycles. The fourth-order valence-corrected chi connectivity index (χ4v) is 3.32. The number of aromatic nitrogens is 2. The number of nitrogens with one attached hydrogen (secondary N) is 3. The minimum Gasteiger partial charge on any atom is -0.326 e. The predicted octanol–water partition coefficient (Wildman–Crippen LogP) is 1.62. The molecule has 3 heterocycles. The molecule has 0 bridgehead atoms. The number of carbonyl (C=O) groups is 1. The molecule has 0 saturated carbocycles. The van der Waals surface area contributed by atoms with Crippen LogP contribution in [-0.2, 0) is 6.54 Å². The van der Waals surface area contributed by atoms with Gasteiger partial charge in [-0.2, -0.15) is 0 Å². The lowest BCUT2D eigenvalue weighted by Crippen LogP contribution is -2.46. The van der Waals surface area contributed by atoms with Crippen molar-refractivity contribution in [1.82, 2.24) is 14.9 Å². The number of H-pyrrole nitrogens is 1. The van der Waals surface area contributed by atoms with E-state index in [2.05, 4.69) is 15.6 Å². The van der Waals surface area contributed by atoms with E-state index < -0.39 is 23.3 Å². The summed E-state index contributed by atoms with van der Waals surface area (Å²) in [6.45, 7) is 2.46. The first-order valence-corrected chi connectivity index (χ1v) is 7.97. The van der Waals surface area contributed by atoms with Crippen molar-refractivity contribution in [2.24, 2.45) is 0 Å². The number of fused-ring (bicyclic) bond motifs is 1. The highest BCUT2D eigenvalue weighted by Gasteiger charge is 2.31. The summed E-state index contributed by atoms with van der Waals surface area (Å²) in [6.07, 6.45) is 1.69. The van der Waals surface area contributed by atoms with Crippen LogP contribution in [0.4, 0.5) is 10.6 Å². The quantitative estimate of drug-likeness (QED) is 0.799. The van der Waals surface area contributed by atoms with Crippen molar-refractivity contribution < 1.29 is 4.79 Å². The van der Waals surface area contributed by atoms with Gasteiger partial charge in [0.05, 0.1) is 11.6 Å². The third-order valence-electron chi connectivity index (χ3n) is 3.59. The monoisotopic (exact) mass is 320 g/mol. The first-order valence-electron chi connectivity index (χ1n) is 7.09. The lowest BCUT2D eigenvalue weighted by Gasteiger charge is -2.27. The van der Waals surface area contributed by atoms with E-state index in [-0.39, 0.29) is 0 Å². The molecule has 8 heteroatoms. The average molecular weight is 320 g/mol. The number of thiophene rings is 1. The van der Waals surface area contributed by atoms with Crippen molar-refractivity contribution >= 4 is 23.2 Å². The highest BCUT2D eigenvalue weighted by Crippen LogP contribution is 2.30. The van der Waals surface area contributed by atoms with Crippen molar-refractivity contribution in [1.29, 1.82) is 0 Å².